The number of hydrogen-bond acceptors (Lipinski definition) is 8. The van der Waals surface area contributed by atoms with E-state index in [0.717, 1.165) is 77.0 Å². The van der Waals surface area contributed by atoms with Crippen molar-refractivity contribution in [2.75, 3.05) is 0 Å². The molecule has 52 heavy (non-hydrogen) atoms. The van der Waals surface area contributed by atoms with Gasteiger partial charge >= 0.3 is 0 Å². The van der Waals surface area contributed by atoms with E-state index < -0.39 is 40.1 Å². The Bertz CT molecular complexity index is 1430. The molecule has 12 nitrogen and oxygen atoms in total. The van der Waals surface area contributed by atoms with Crippen molar-refractivity contribution < 1.29 is 33.7 Å². The molecular weight excluding hydrogens is 745 g/mol. The topological polar surface area (TPSA) is 241 Å². The first kappa shape index (κ1) is 48.6. The average molecular weight is 813 g/mol. The molecule has 304 valence electrons. The lowest BCUT2D eigenvalue weighted by molar-refractivity contribution is 0.341. The van der Waals surface area contributed by atoms with Gasteiger partial charge in [0.2, 0.25) is 40.1 Å². The zero-order valence-electron chi connectivity index (χ0n) is 32.0. The molecule has 4 aliphatic rings. The summed E-state index contributed by atoms with van der Waals surface area (Å²) in [6.45, 7) is 22.5. The standard InChI is InChI=1S/4C9H17NO2S/c4*1-3-6-9(2)7-4-5-8(9)13(10,11)12/h4*3,8H,1,4-7H2,2H3,(H2,10,11,12)/t2*8-,9+;2*8-,9-/m1010/s1. The molecule has 0 bridgehead atoms. The maximum atomic E-state index is 11.3. The SMILES string of the molecule is C=CC[C@@]1(C)CCC[C@@H]1S(N)(=O)=O.C=CC[C@@]1(C)CCC[C@H]1S(N)(=O)=O.C=CC[C@]1(C)CCC[C@@H]1S(N)(=O)=O.C=CC[C@]1(C)CCC[C@H]1S(N)(=O)=O. The lowest BCUT2D eigenvalue weighted by atomic mass is 9.85. The summed E-state index contributed by atoms with van der Waals surface area (Å²) >= 11 is 0. The minimum absolute atomic E-state index is 0.185. The van der Waals surface area contributed by atoms with Crippen LogP contribution in [-0.4, -0.2) is 54.7 Å². The van der Waals surface area contributed by atoms with Crippen LogP contribution in [0.3, 0.4) is 0 Å². The molecule has 8 N–H and O–H groups in total. The van der Waals surface area contributed by atoms with Crippen LogP contribution in [0.1, 0.15) is 130 Å². The second-order valence-corrected chi connectivity index (χ2v) is 23.5. The second kappa shape index (κ2) is 19.0. The molecule has 0 aliphatic heterocycles. The Balaban J connectivity index is 0.000000347. The number of rotatable bonds is 12. The monoisotopic (exact) mass is 812 g/mol. The van der Waals surface area contributed by atoms with Gasteiger partial charge in [0.25, 0.3) is 0 Å². The fourth-order valence-corrected chi connectivity index (χ4v) is 15.3. The van der Waals surface area contributed by atoms with Gasteiger partial charge in [-0.3, -0.25) is 0 Å². The van der Waals surface area contributed by atoms with Gasteiger partial charge in [0.1, 0.15) is 0 Å². The molecule has 0 aromatic rings. The fourth-order valence-electron chi connectivity index (χ4n) is 9.30. The fraction of sp³-hybridized carbons (Fsp3) is 0.778. The number of allylic oxidation sites excluding steroid dienone is 4. The quantitative estimate of drug-likeness (QED) is 0.179. The largest absolute Gasteiger partial charge is 0.228 e. The molecule has 0 spiro atoms. The minimum atomic E-state index is -3.38. The van der Waals surface area contributed by atoms with Gasteiger partial charge in [0.15, 0.2) is 0 Å². The molecule has 4 saturated carbocycles. The van der Waals surface area contributed by atoms with Crippen molar-refractivity contribution in [3.63, 3.8) is 0 Å². The molecule has 0 aromatic heterocycles. The van der Waals surface area contributed by atoms with E-state index in [1.54, 1.807) is 24.3 Å². The van der Waals surface area contributed by atoms with E-state index in [1.165, 1.54) is 0 Å². The molecule has 0 heterocycles. The van der Waals surface area contributed by atoms with Crippen molar-refractivity contribution in [2.24, 2.45) is 42.2 Å². The Morgan fingerprint density at radius 3 is 0.692 bits per heavy atom. The highest BCUT2D eigenvalue weighted by atomic mass is 32.2. The van der Waals surface area contributed by atoms with E-state index in [-0.39, 0.29) is 42.7 Å². The molecule has 0 saturated heterocycles. The van der Waals surface area contributed by atoms with Crippen LogP contribution in [-0.2, 0) is 40.1 Å². The van der Waals surface area contributed by atoms with E-state index in [9.17, 15) is 33.7 Å². The van der Waals surface area contributed by atoms with Gasteiger partial charge in [-0.1, -0.05) is 77.7 Å². The molecule has 0 aromatic carbocycles. The van der Waals surface area contributed by atoms with Gasteiger partial charge in [-0.15, -0.1) is 26.3 Å². The van der Waals surface area contributed by atoms with Crippen molar-refractivity contribution >= 4 is 40.1 Å². The number of nitrogens with two attached hydrogens (primary N) is 4. The van der Waals surface area contributed by atoms with E-state index >= 15 is 0 Å². The van der Waals surface area contributed by atoms with Gasteiger partial charge in [-0.05, 0) is 98.7 Å². The van der Waals surface area contributed by atoms with Crippen LogP contribution < -0.4 is 20.6 Å². The molecule has 0 radical (unpaired) electrons. The highest BCUT2D eigenvalue weighted by Crippen LogP contribution is 2.46. The Labute approximate surface area is 316 Å². The summed E-state index contributed by atoms with van der Waals surface area (Å²) in [6, 6.07) is 0. The molecule has 4 aliphatic carbocycles. The van der Waals surface area contributed by atoms with E-state index in [4.69, 9.17) is 20.6 Å². The first-order valence-corrected chi connectivity index (χ1v) is 24.5. The van der Waals surface area contributed by atoms with Crippen LogP contribution in [0.2, 0.25) is 0 Å². The third-order valence-electron chi connectivity index (χ3n) is 12.0. The zero-order valence-corrected chi connectivity index (χ0v) is 35.2. The Hall–Kier alpha value is -1.40. The minimum Gasteiger partial charge on any atom is -0.228 e. The summed E-state index contributed by atoms with van der Waals surface area (Å²) < 4.78 is 90.1. The predicted molar refractivity (Wildman–Crippen MR) is 215 cm³/mol. The zero-order chi connectivity index (χ0) is 40.5. The molecule has 0 amide bonds. The van der Waals surface area contributed by atoms with E-state index in [0.29, 0.717) is 25.7 Å². The molecule has 16 heteroatoms. The maximum Gasteiger partial charge on any atom is 0.212 e. The van der Waals surface area contributed by atoms with E-state index in [1.807, 2.05) is 27.7 Å². The average Bonchev–Trinajstić information content (AvgIpc) is 3.75. The third-order valence-corrected chi connectivity index (χ3v) is 18.4. The lowest BCUT2D eigenvalue weighted by Gasteiger charge is -2.28. The second-order valence-electron chi connectivity index (χ2n) is 16.5. The van der Waals surface area contributed by atoms with Gasteiger partial charge in [0, 0.05) is 0 Å². The number of primary sulfonamides is 4. The predicted octanol–water partition coefficient (Wildman–Crippen LogP) is 5.64. The van der Waals surface area contributed by atoms with Crippen LogP contribution >= 0.6 is 0 Å². The van der Waals surface area contributed by atoms with Gasteiger partial charge in [-0.2, -0.15) is 0 Å². The number of sulfonamides is 4. The smallest absolute Gasteiger partial charge is 0.212 e. The van der Waals surface area contributed by atoms with Crippen molar-refractivity contribution in [3.05, 3.63) is 50.6 Å². The highest BCUT2D eigenvalue weighted by molar-refractivity contribution is 7.90. The molecular formula is C36H68N4O8S4. The first-order valence-electron chi connectivity index (χ1n) is 18.1. The Kier molecular flexibility index (Phi) is 17.7. The summed E-state index contributed by atoms with van der Waals surface area (Å²) in [4.78, 5) is 0. The Morgan fingerprint density at radius 2 is 0.577 bits per heavy atom. The third kappa shape index (κ3) is 13.4. The maximum absolute atomic E-state index is 11.3. The van der Waals surface area contributed by atoms with E-state index in [2.05, 4.69) is 26.3 Å². The van der Waals surface area contributed by atoms with Gasteiger partial charge in [-0.25, -0.2) is 54.2 Å². The van der Waals surface area contributed by atoms with Crippen LogP contribution in [0.4, 0.5) is 0 Å². The first-order chi connectivity index (χ1) is 23.6. The van der Waals surface area contributed by atoms with Crippen molar-refractivity contribution in [1.82, 2.24) is 0 Å². The summed E-state index contributed by atoms with van der Waals surface area (Å²) in [6.07, 6.45) is 20.4. The molecule has 0 unspecified atom stereocenters. The molecule has 4 fully saturated rings. The van der Waals surface area contributed by atoms with Crippen LogP contribution in [0.25, 0.3) is 0 Å². The van der Waals surface area contributed by atoms with Crippen molar-refractivity contribution in [2.45, 2.75) is 151 Å². The van der Waals surface area contributed by atoms with Crippen molar-refractivity contribution in [3.8, 4) is 0 Å². The van der Waals surface area contributed by atoms with Crippen LogP contribution in [0.5, 0.6) is 0 Å². The highest BCUT2D eigenvalue weighted by Gasteiger charge is 2.46. The summed E-state index contributed by atoms with van der Waals surface area (Å²) in [5.74, 6) is 0. The normalized spacial score (nSPS) is 34.8. The number of hydrogen-bond donors (Lipinski definition) is 4. The summed E-state index contributed by atoms with van der Waals surface area (Å²) in [5, 5.41) is 19.2. The molecule has 4 rings (SSSR count). The van der Waals surface area contributed by atoms with Crippen LogP contribution in [0.15, 0.2) is 50.6 Å². The molecule has 8 atom stereocenters. The lowest BCUT2D eigenvalue weighted by Crippen LogP contribution is -2.38. The summed E-state index contributed by atoms with van der Waals surface area (Å²) in [5.41, 5.74) is -0.741. The van der Waals surface area contributed by atoms with Crippen molar-refractivity contribution in [1.29, 1.82) is 0 Å². The van der Waals surface area contributed by atoms with Gasteiger partial charge in [0.05, 0.1) is 21.0 Å². The Morgan fingerprint density at radius 1 is 0.423 bits per heavy atom. The summed E-state index contributed by atoms with van der Waals surface area (Å²) in [7, 11) is -13.5. The van der Waals surface area contributed by atoms with Gasteiger partial charge < -0.3 is 0 Å². The van der Waals surface area contributed by atoms with Crippen LogP contribution in [0, 0.1) is 21.7 Å².